The molecule has 5 heteroatoms. The Morgan fingerprint density at radius 1 is 1.24 bits per heavy atom. The molecule has 2 amide bonds. The lowest BCUT2D eigenvalue weighted by Crippen LogP contribution is -2.47. The highest BCUT2D eigenvalue weighted by Gasteiger charge is 2.40. The first-order chi connectivity index (χ1) is 12.1. The van der Waals surface area contributed by atoms with Gasteiger partial charge in [-0.1, -0.05) is 32.0 Å². The fourth-order valence-corrected chi connectivity index (χ4v) is 3.41. The van der Waals surface area contributed by atoms with Crippen LogP contribution in [0, 0.1) is 5.92 Å². The highest BCUT2D eigenvalue weighted by molar-refractivity contribution is 5.89. The maximum atomic E-state index is 12.4. The van der Waals surface area contributed by atoms with Gasteiger partial charge in [-0.05, 0) is 43.2 Å². The number of carbonyl (C=O) groups is 2. The number of nitrogens with zero attached hydrogens (tertiary/aromatic N) is 1. The first kappa shape index (κ1) is 17.8. The number of hydrogen-bond donors (Lipinski definition) is 1. The Bertz CT molecular complexity index is 625. The molecule has 1 N–H and O–H groups in total. The average molecular weight is 344 g/mol. The van der Waals surface area contributed by atoms with E-state index in [1.165, 1.54) is 5.56 Å². The first-order valence-corrected chi connectivity index (χ1v) is 9.38. The van der Waals surface area contributed by atoms with E-state index in [1.807, 2.05) is 18.2 Å². The van der Waals surface area contributed by atoms with Gasteiger partial charge in [-0.25, -0.2) is 0 Å². The average Bonchev–Trinajstić information content (AvgIpc) is 3.34. The van der Waals surface area contributed by atoms with E-state index in [2.05, 4.69) is 25.2 Å². The van der Waals surface area contributed by atoms with Crippen LogP contribution in [0.1, 0.15) is 51.0 Å². The molecular formula is C20H28N2O3. The Hall–Kier alpha value is -2.04. The van der Waals surface area contributed by atoms with Gasteiger partial charge in [0.25, 0.3) is 0 Å². The topological polar surface area (TPSA) is 58.6 Å². The van der Waals surface area contributed by atoms with Crippen LogP contribution in [0.3, 0.4) is 0 Å². The number of rotatable bonds is 7. The molecule has 3 rings (SSSR count). The van der Waals surface area contributed by atoms with Crippen LogP contribution in [-0.2, 0) is 9.59 Å². The molecule has 5 nitrogen and oxygen atoms in total. The van der Waals surface area contributed by atoms with Crippen molar-refractivity contribution in [3.63, 3.8) is 0 Å². The summed E-state index contributed by atoms with van der Waals surface area (Å²) in [4.78, 5) is 26.5. The summed E-state index contributed by atoms with van der Waals surface area (Å²) in [6.45, 7) is 5.86. The third-order valence-corrected chi connectivity index (χ3v) is 4.96. The van der Waals surface area contributed by atoms with Gasteiger partial charge in [0, 0.05) is 12.5 Å². The van der Waals surface area contributed by atoms with E-state index < -0.39 is 0 Å². The molecule has 1 saturated heterocycles. The van der Waals surface area contributed by atoms with Crippen LogP contribution in [0.25, 0.3) is 0 Å². The largest absolute Gasteiger partial charge is 0.491 e. The standard InChI is InChI=1S/C20H28N2O3/c1-14(2)16-6-3-4-8-18(16)25-13-11-21-19(23)17-7-5-12-22(17)20(24)15-9-10-15/h3-4,6,8,14-15,17H,5,7,9-13H2,1-2H3,(H,21,23)/t17-/m1/s1. The van der Waals surface area contributed by atoms with Crippen LogP contribution in [0.4, 0.5) is 0 Å². The summed E-state index contributed by atoms with van der Waals surface area (Å²) in [5.41, 5.74) is 1.17. The number of hydrogen-bond acceptors (Lipinski definition) is 3. The number of benzene rings is 1. The number of carbonyl (C=O) groups excluding carboxylic acids is 2. The minimum absolute atomic E-state index is 0.0488. The van der Waals surface area contributed by atoms with Crippen molar-refractivity contribution in [3.05, 3.63) is 29.8 Å². The molecular weight excluding hydrogens is 316 g/mol. The van der Waals surface area contributed by atoms with E-state index in [0.717, 1.165) is 31.4 Å². The van der Waals surface area contributed by atoms with Gasteiger partial charge in [0.1, 0.15) is 18.4 Å². The van der Waals surface area contributed by atoms with Crippen LogP contribution in [0.5, 0.6) is 5.75 Å². The summed E-state index contributed by atoms with van der Waals surface area (Å²) in [6, 6.07) is 7.70. The number of amides is 2. The van der Waals surface area contributed by atoms with Crippen LogP contribution in [0.15, 0.2) is 24.3 Å². The van der Waals surface area contributed by atoms with E-state index >= 15 is 0 Å². The molecule has 2 aliphatic rings. The molecule has 0 bridgehead atoms. The number of para-hydroxylation sites is 1. The highest BCUT2D eigenvalue weighted by Crippen LogP contribution is 2.33. The molecule has 136 valence electrons. The first-order valence-electron chi connectivity index (χ1n) is 9.38. The third-order valence-electron chi connectivity index (χ3n) is 4.96. The maximum Gasteiger partial charge on any atom is 0.242 e. The zero-order chi connectivity index (χ0) is 17.8. The number of likely N-dealkylation sites (tertiary alicyclic amines) is 1. The van der Waals surface area contributed by atoms with Crippen molar-refractivity contribution in [2.24, 2.45) is 5.92 Å². The second-order valence-corrected chi connectivity index (χ2v) is 7.30. The maximum absolute atomic E-state index is 12.4. The SMILES string of the molecule is CC(C)c1ccccc1OCCNC(=O)[C@H]1CCCN1C(=O)C1CC1. The molecule has 1 atom stereocenters. The highest BCUT2D eigenvalue weighted by atomic mass is 16.5. The summed E-state index contributed by atoms with van der Waals surface area (Å²) in [5.74, 6) is 1.56. The van der Waals surface area contributed by atoms with Crippen LogP contribution >= 0.6 is 0 Å². The van der Waals surface area contributed by atoms with Gasteiger partial charge in [0.05, 0.1) is 6.54 Å². The fraction of sp³-hybridized carbons (Fsp3) is 0.600. The van der Waals surface area contributed by atoms with Crippen LogP contribution in [-0.4, -0.2) is 42.5 Å². The molecule has 1 aromatic carbocycles. The van der Waals surface area contributed by atoms with Crippen molar-refractivity contribution >= 4 is 11.8 Å². The molecule has 1 aliphatic heterocycles. The van der Waals surface area contributed by atoms with E-state index in [9.17, 15) is 9.59 Å². The molecule has 1 saturated carbocycles. The monoisotopic (exact) mass is 344 g/mol. The van der Waals surface area contributed by atoms with Crippen molar-refractivity contribution < 1.29 is 14.3 Å². The molecule has 1 heterocycles. The smallest absolute Gasteiger partial charge is 0.242 e. The van der Waals surface area contributed by atoms with Crippen molar-refractivity contribution in [1.29, 1.82) is 0 Å². The van der Waals surface area contributed by atoms with E-state index in [0.29, 0.717) is 25.6 Å². The minimum Gasteiger partial charge on any atom is -0.491 e. The Morgan fingerprint density at radius 3 is 2.72 bits per heavy atom. The quantitative estimate of drug-likeness (QED) is 0.774. The Balaban J connectivity index is 1.46. The van der Waals surface area contributed by atoms with Gasteiger partial charge < -0.3 is 15.0 Å². The van der Waals surface area contributed by atoms with Crippen molar-refractivity contribution in [1.82, 2.24) is 10.2 Å². The van der Waals surface area contributed by atoms with Crippen LogP contribution in [0.2, 0.25) is 0 Å². The van der Waals surface area contributed by atoms with E-state index in [1.54, 1.807) is 4.90 Å². The molecule has 0 aromatic heterocycles. The van der Waals surface area contributed by atoms with Gasteiger partial charge in [-0.3, -0.25) is 9.59 Å². The normalized spacial score (nSPS) is 20.0. The molecule has 0 spiro atoms. The summed E-state index contributed by atoms with van der Waals surface area (Å²) in [7, 11) is 0. The van der Waals surface area contributed by atoms with E-state index in [-0.39, 0.29) is 23.8 Å². The number of nitrogens with one attached hydrogen (secondary N) is 1. The Morgan fingerprint density at radius 2 is 2.00 bits per heavy atom. The summed E-state index contributed by atoms with van der Waals surface area (Å²) in [5, 5.41) is 2.93. The molecule has 1 aromatic rings. The zero-order valence-electron chi connectivity index (χ0n) is 15.2. The second-order valence-electron chi connectivity index (χ2n) is 7.30. The predicted octanol–water partition coefficient (Wildman–Crippen LogP) is 2.71. The molecule has 2 fully saturated rings. The van der Waals surface area contributed by atoms with Crippen molar-refractivity contribution in [3.8, 4) is 5.75 Å². The lowest BCUT2D eigenvalue weighted by Gasteiger charge is -2.24. The predicted molar refractivity (Wildman–Crippen MR) is 96.5 cm³/mol. The Labute approximate surface area is 149 Å². The second kappa shape index (κ2) is 7.89. The fourth-order valence-electron chi connectivity index (χ4n) is 3.41. The van der Waals surface area contributed by atoms with Gasteiger partial charge in [0.15, 0.2) is 0 Å². The lowest BCUT2D eigenvalue weighted by molar-refractivity contribution is -0.139. The third kappa shape index (κ3) is 4.33. The van der Waals surface area contributed by atoms with Gasteiger partial charge in [-0.15, -0.1) is 0 Å². The van der Waals surface area contributed by atoms with Crippen LogP contribution < -0.4 is 10.1 Å². The van der Waals surface area contributed by atoms with Crippen molar-refractivity contribution in [2.45, 2.75) is 51.5 Å². The molecule has 25 heavy (non-hydrogen) atoms. The summed E-state index contributed by atoms with van der Waals surface area (Å²) < 4.78 is 5.84. The Kier molecular flexibility index (Phi) is 5.61. The molecule has 0 radical (unpaired) electrons. The van der Waals surface area contributed by atoms with Gasteiger partial charge in [-0.2, -0.15) is 0 Å². The summed E-state index contributed by atoms with van der Waals surface area (Å²) in [6.07, 6.45) is 3.63. The molecule has 0 unspecified atom stereocenters. The zero-order valence-corrected chi connectivity index (χ0v) is 15.2. The van der Waals surface area contributed by atoms with E-state index in [4.69, 9.17) is 4.74 Å². The van der Waals surface area contributed by atoms with Crippen molar-refractivity contribution in [2.75, 3.05) is 19.7 Å². The number of ether oxygens (including phenoxy) is 1. The van der Waals surface area contributed by atoms with Gasteiger partial charge >= 0.3 is 0 Å². The summed E-state index contributed by atoms with van der Waals surface area (Å²) >= 11 is 0. The lowest BCUT2D eigenvalue weighted by atomic mass is 10.0. The minimum atomic E-state index is -0.295. The van der Waals surface area contributed by atoms with Gasteiger partial charge in [0.2, 0.25) is 11.8 Å². The molecule has 1 aliphatic carbocycles.